The Labute approximate surface area is 545 Å². The van der Waals surface area contributed by atoms with Gasteiger partial charge in [0.1, 0.15) is 6.04 Å². The van der Waals surface area contributed by atoms with Crippen molar-refractivity contribution in [3.05, 3.63) is 12.7 Å². The first-order valence-electron chi connectivity index (χ1n) is 34.3. The van der Waals surface area contributed by atoms with Crippen molar-refractivity contribution in [2.24, 2.45) is 5.92 Å². The normalized spacial score (nSPS) is 11.6. The van der Waals surface area contributed by atoms with Crippen molar-refractivity contribution in [1.82, 2.24) is 21.3 Å². The molecular weight excluding hydrogens is 1160 g/mol. The Hall–Kier alpha value is -3.43. The number of carboxylic acid groups (broad SMARTS) is 2. The van der Waals surface area contributed by atoms with Gasteiger partial charge >= 0.3 is 11.9 Å². The fraction of sp³-hybridized carbons (Fsp3) is 0.896. The summed E-state index contributed by atoms with van der Waals surface area (Å²) in [5.74, 6) is -1.50. The number of carboxylic acids is 2. The van der Waals surface area contributed by atoms with Crippen LogP contribution in [0, 0.1) is 5.92 Å². The van der Waals surface area contributed by atoms with E-state index in [1.807, 2.05) is 27.0 Å². The van der Waals surface area contributed by atoms with Gasteiger partial charge in [-0.25, -0.2) is 4.79 Å². The molecular formula is C67H134N4O19. The molecule has 2 atom stereocenters. The quantitative estimate of drug-likeness (QED) is 0.0188. The van der Waals surface area contributed by atoms with E-state index in [1.165, 1.54) is 96.3 Å². The van der Waals surface area contributed by atoms with Gasteiger partial charge < -0.3 is 88.3 Å². The fourth-order valence-electron chi connectivity index (χ4n) is 7.71. The standard InChI is InChI=1S/C40H78N4O17.C20H40O2.C5H10.C2H6/c1-36(41-2)5-3-4-9-42-39(47)8-11-50-13-15-52-17-19-54-21-23-56-25-27-58-29-31-60-33-34-61-32-30-59-28-26-57-24-22-55-20-18-53-16-14-51-12-10-43-38(46)7-6-37(40(48)49)44-35-45;1-2-3-4-5-6-7-8-9-10-11-12-13-14-15-16-17-18-19-20(21)22;1-4-5(2)3;1-2/h35-37,41H,3-34H2,1-2H3,(H,42,47)(H,43,46)(H,44,45)(H,48,49);2-19H2,1H3,(H,21,22);4-5H,1H2,2-3H3;1-2H3. The molecule has 2 unspecified atom stereocenters. The Kier molecular flexibility index (Phi) is 86.3. The van der Waals surface area contributed by atoms with Gasteiger partial charge in [-0.1, -0.05) is 150 Å². The van der Waals surface area contributed by atoms with Gasteiger partial charge in [0.25, 0.3) is 0 Å². The predicted octanol–water partition coefficient (Wildman–Crippen LogP) is 9.53. The van der Waals surface area contributed by atoms with Crippen LogP contribution in [-0.2, 0) is 80.8 Å². The second-order valence-corrected chi connectivity index (χ2v) is 21.5. The van der Waals surface area contributed by atoms with Crippen LogP contribution in [-0.4, -0.2) is 231 Å². The second kappa shape index (κ2) is 83.6. The molecule has 0 saturated heterocycles. The van der Waals surface area contributed by atoms with Gasteiger partial charge in [-0.05, 0) is 45.6 Å². The molecule has 23 heteroatoms. The maximum atomic E-state index is 11.8. The van der Waals surface area contributed by atoms with Crippen LogP contribution in [0.2, 0.25) is 0 Å². The van der Waals surface area contributed by atoms with Gasteiger partial charge in [-0.3, -0.25) is 19.2 Å². The largest absolute Gasteiger partial charge is 0.481 e. The number of rotatable bonds is 70. The number of hydrogen-bond acceptors (Lipinski definition) is 18. The van der Waals surface area contributed by atoms with Gasteiger partial charge in [0, 0.05) is 38.4 Å². The van der Waals surface area contributed by atoms with E-state index in [0.29, 0.717) is 196 Å². The van der Waals surface area contributed by atoms with Crippen LogP contribution in [0.5, 0.6) is 0 Å². The summed E-state index contributed by atoms with van der Waals surface area (Å²) in [4.78, 5) is 55.2. The molecule has 0 aromatic heterocycles. The summed E-state index contributed by atoms with van der Waals surface area (Å²) < 4.78 is 65.5. The van der Waals surface area contributed by atoms with Gasteiger partial charge in [-0.2, -0.15) is 0 Å². The number of carbonyl (C=O) groups excluding carboxylic acids is 3. The number of nitrogens with one attached hydrogen (secondary N) is 4. The highest BCUT2D eigenvalue weighted by Crippen LogP contribution is 2.14. The van der Waals surface area contributed by atoms with Crippen molar-refractivity contribution >= 4 is 30.2 Å². The van der Waals surface area contributed by atoms with Gasteiger partial charge in [0.15, 0.2) is 0 Å². The first kappa shape index (κ1) is 93.0. The smallest absolute Gasteiger partial charge is 0.326 e. The van der Waals surface area contributed by atoms with Crippen molar-refractivity contribution in [1.29, 1.82) is 0 Å². The number of aliphatic carboxylic acids is 2. The van der Waals surface area contributed by atoms with E-state index >= 15 is 0 Å². The Morgan fingerprint density at radius 2 is 0.700 bits per heavy atom. The van der Waals surface area contributed by atoms with Gasteiger partial charge in [0.05, 0.1) is 159 Å². The zero-order valence-electron chi connectivity index (χ0n) is 57.8. The SMILES string of the molecule is C=CC(C)C.CC.CCCCCCCCCCCCCCCCCCCC(=O)O.CNC(C)CCCCNC(=O)CCOCCOCCOCCOCCOCCOCCOCCOCCOCCOCCOCCOCCNC(=O)CCC(NC=O)C(=O)O. The number of hydrogen-bond donors (Lipinski definition) is 6. The van der Waals surface area contributed by atoms with Gasteiger partial charge in [0.2, 0.25) is 18.2 Å². The van der Waals surface area contributed by atoms with Crippen LogP contribution in [0.3, 0.4) is 0 Å². The monoisotopic (exact) mass is 1300 g/mol. The third kappa shape index (κ3) is 88.8. The molecule has 0 fully saturated rings. The zero-order valence-corrected chi connectivity index (χ0v) is 57.8. The molecule has 0 spiro atoms. The lowest BCUT2D eigenvalue weighted by Crippen LogP contribution is -2.37. The Morgan fingerprint density at radius 3 is 1.00 bits per heavy atom. The van der Waals surface area contributed by atoms with Crippen molar-refractivity contribution in [2.45, 2.75) is 208 Å². The first-order chi connectivity index (χ1) is 43.9. The lowest BCUT2D eigenvalue weighted by atomic mass is 10.0. The Balaban J connectivity index is -0.00000105. The molecule has 0 radical (unpaired) electrons. The highest BCUT2D eigenvalue weighted by Gasteiger charge is 2.17. The zero-order chi connectivity index (χ0) is 67.1. The number of carbonyl (C=O) groups is 5. The van der Waals surface area contributed by atoms with Gasteiger partial charge in [-0.15, -0.1) is 6.58 Å². The van der Waals surface area contributed by atoms with E-state index in [4.69, 9.17) is 67.1 Å². The topological polar surface area (TPSA) is 285 Å². The van der Waals surface area contributed by atoms with E-state index in [2.05, 4.69) is 55.5 Å². The summed E-state index contributed by atoms with van der Waals surface area (Å²) in [5.41, 5.74) is 0. The van der Waals surface area contributed by atoms with Crippen LogP contribution in [0.1, 0.15) is 196 Å². The third-order valence-electron chi connectivity index (χ3n) is 13.2. The summed E-state index contributed by atoms with van der Waals surface area (Å²) in [6.07, 6.45) is 28.9. The summed E-state index contributed by atoms with van der Waals surface area (Å²) in [5, 5.41) is 28.4. The van der Waals surface area contributed by atoms with Crippen molar-refractivity contribution < 1.29 is 91.0 Å². The highest BCUT2D eigenvalue weighted by atomic mass is 16.6. The first-order valence-corrected chi connectivity index (χ1v) is 34.3. The number of allylic oxidation sites excluding steroid dienone is 1. The molecule has 23 nitrogen and oxygen atoms in total. The average Bonchev–Trinajstić information content (AvgIpc) is 3.60. The molecule has 0 heterocycles. The van der Waals surface area contributed by atoms with Crippen LogP contribution in [0.15, 0.2) is 12.7 Å². The van der Waals surface area contributed by atoms with E-state index in [0.717, 1.165) is 32.1 Å². The molecule has 90 heavy (non-hydrogen) atoms. The maximum absolute atomic E-state index is 11.8. The molecule has 0 saturated carbocycles. The van der Waals surface area contributed by atoms with Crippen LogP contribution < -0.4 is 21.3 Å². The predicted molar refractivity (Wildman–Crippen MR) is 355 cm³/mol. The Bertz CT molecular complexity index is 1480. The summed E-state index contributed by atoms with van der Waals surface area (Å²) in [7, 11) is 1.96. The Morgan fingerprint density at radius 1 is 0.400 bits per heavy atom. The van der Waals surface area contributed by atoms with E-state index in [-0.39, 0.29) is 31.2 Å². The molecule has 0 rings (SSSR count). The minimum atomic E-state index is -1.19. The van der Waals surface area contributed by atoms with Crippen LogP contribution in [0.4, 0.5) is 0 Å². The maximum Gasteiger partial charge on any atom is 0.326 e. The molecule has 0 bridgehead atoms. The minimum absolute atomic E-state index is 0.00444. The number of amides is 3. The van der Waals surface area contributed by atoms with Crippen molar-refractivity contribution in [3.8, 4) is 0 Å². The molecule has 536 valence electrons. The third-order valence-corrected chi connectivity index (χ3v) is 13.2. The van der Waals surface area contributed by atoms with E-state index in [9.17, 15) is 24.0 Å². The van der Waals surface area contributed by atoms with Crippen LogP contribution >= 0.6 is 0 Å². The minimum Gasteiger partial charge on any atom is -0.481 e. The molecule has 0 aliphatic rings. The van der Waals surface area contributed by atoms with E-state index < -0.39 is 18.0 Å². The highest BCUT2D eigenvalue weighted by molar-refractivity contribution is 5.79. The summed E-state index contributed by atoms with van der Waals surface area (Å²) >= 11 is 0. The molecule has 6 N–H and O–H groups in total. The lowest BCUT2D eigenvalue weighted by Gasteiger charge is -2.11. The second-order valence-electron chi connectivity index (χ2n) is 21.5. The van der Waals surface area contributed by atoms with Crippen molar-refractivity contribution in [2.75, 3.05) is 179 Å². The lowest BCUT2D eigenvalue weighted by molar-refractivity contribution is -0.141. The number of ether oxygens (including phenoxy) is 12. The molecule has 3 amide bonds. The molecule has 0 aromatic carbocycles. The summed E-state index contributed by atoms with van der Waals surface area (Å²) in [6.45, 7) is 27.8. The van der Waals surface area contributed by atoms with E-state index in [1.54, 1.807) is 0 Å². The number of unbranched alkanes of at least 4 members (excludes halogenated alkanes) is 17. The molecule has 0 aliphatic carbocycles. The molecule has 0 aromatic rings. The average molecular weight is 1300 g/mol. The molecule has 0 aliphatic heterocycles. The van der Waals surface area contributed by atoms with Crippen molar-refractivity contribution in [3.63, 3.8) is 0 Å². The summed E-state index contributed by atoms with van der Waals surface area (Å²) in [6, 6.07) is -0.584. The fourth-order valence-corrected chi connectivity index (χ4v) is 7.71. The van der Waals surface area contributed by atoms with Crippen LogP contribution in [0.25, 0.3) is 0 Å².